The fourth-order valence-corrected chi connectivity index (χ4v) is 2.49. The van der Waals surface area contributed by atoms with Gasteiger partial charge in [-0.2, -0.15) is 13.2 Å². The van der Waals surface area contributed by atoms with Crippen LogP contribution in [0.1, 0.15) is 17.2 Å². The van der Waals surface area contributed by atoms with Crippen LogP contribution in [0.15, 0.2) is 53.4 Å². The highest BCUT2D eigenvalue weighted by Crippen LogP contribution is 2.30. The molecule has 0 aliphatic rings. The van der Waals surface area contributed by atoms with Gasteiger partial charge in [-0.3, -0.25) is 0 Å². The van der Waals surface area contributed by atoms with Crippen molar-refractivity contribution in [3.05, 3.63) is 59.7 Å². The number of thioether (sulfide) groups is 1. The van der Waals surface area contributed by atoms with E-state index in [1.807, 2.05) is 18.4 Å². The number of amides is 2. The van der Waals surface area contributed by atoms with E-state index in [1.54, 1.807) is 23.9 Å². The van der Waals surface area contributed by atoms with Crippen LogP contribution in [0.5, 0.6) is 0 Å². The molecule has 0 aromatic heterocycles. The zero-order valence-corrected chi connectivity index (χ0v) is 14.1. The first kappa shape index (κ1) is 19.1. The summed E-state index contributed by atoms with van der Waals surface area (Å²) in [5.74, 6) is 0. The van der Waals surface area contributed by atoms with E-state index in [9.17, 15) is 23.1 Å². The maximum absolute atomic E-state index is 12.6. The molecule has 134 valence electrons. The van der Waals surface area contributed by atoms with Gasteiger partial charge in [-0.05, 0) is 42.2 Å². The molecular formula is C17H17F3N2O2S. The van der Waals surface area contributed by atoms with E-state index in [0.29, 0.717) is 5.56 Å². The molecule has 25 heavy (non-hydrogen) atoms. The minimum absolute atomic E-state index is 0.0196. The highest BCUT2D eigenvalue weighted by molar-refractivity contribution is 7.98. The molecule has 0 spiro atoms. The molecule has 2 amide bonds. The summed E-state index contributed by atoms with van der Waals surface area (Å²) < 4.78 is 37.9. The molecule has 0 unspecified atom stereocenters. The molecule has 8 heteroatoms. The fourth-order valence-electron chi connectivity index (χ4n) is 2.08. The van der Waals surface area contributed by atoms with Gasteiger partial charge in [0.25, 0.3) is 0 Å². The Hall–Kier alpha value is -2.19. The molecule has 0 aliphatic heterocycles. The van der Waals surface area contributed by atoms with E-state index < -0.39 is 23.9 Å². The molecule has 2 aromatic rings. The summed E-state index contributed by atoms with van der Waals surface area (Å²) in [7, 11) is 0. The number of rotatable bonds is 5. The smallest absolute Gasteiger partial charge is 0.387 e. The third kappa shape index (κ3) is 5.68. The number of alkyl halides is 3. The van der Waals surface area contributed by atoms with E-state index in [-0.39, 0.29) is 12.2 Å². The highest BCUT2D eigenvalue weighted by Gasteiger charge is 2.30. The molecule has 0 heterocycles. The molecule has 0 bridgehead atoms. The van der Waals surface area contributed by atoms with Gasteiger partial charge in [-0.25, -0.2) is 4.79 Å². The first-order valence-corrected chi connectivity index (χ1v) is 8.56. The van der Waals surface area contributed by atoms with Gasteiger partial charge in [0.1, 0.15) is 0 Å². The number of halogens is 3. The van der Waals surface area contributed by atoms with E-state index >= 15 is 0 Å². The number of urea groups is 1. The second-order valence-electron chi connectivity index (χ2n) is 5.20. The normalized spacial score (nSPS) is 12.5. The second kappa shape index (κ2) is 8.26. The summed E-state index contributed by atoms with van der Waals surface area (Å²) in [6.07, 6.45) is -3.46. The number of aliphatic hydroxyl groups excluding tert-OH is 1. The van der Waals surface area contributed by atoms with Crippen molar-refractivity contribution in [1.82, 2.24) is 5.32 Å². The van der Waals surface area contributed by atoms with E-state index in [0.717, 1.165) is 17.0 Å². The number of hydrogen-bond acceptors (Lipinski definition) is 3. The van der Waals surface area contributed by atoms with Crippen molar-refractivity contribution < 1.29 is 23.1 Å². The maximum atomic E-state index is 12.6. The predicted octanol–water partition coefficient (Wildman–Crippen LogP) is 4.28. The topological polar surface area (TPSA) is 61.4 Å². The van der Waals surface area contributed by atoms with Crippen LogP contribution in [0.3, 0.4) is 0 Å². The van der Waals surface area contributed by atoms with E-state index in [2.05, 4.69) is 10.6 Å². The van der Waals surface area contributed by atoms with Crippen LogP contribution < -0.4 is 10.6 Å². The Bertz CT molecular complexity index is 721. The quantitative estimate of drug-likeness (QED) is 0.689. The van der Waals surface area contributed by atoms with Crippen molar-refractivity contribution in [3.8, 4) is 0 Å². The standard InChI is InChI=1S/C17H17F3N2O2S/c1-25-14-7-5-11(6-8-14)15(23)10-21-16(24)22-13-4-2-3-12(9-13)17(18,19)20/h2-9,15,23H,10H2,1H3,(H2,21,22,24)/t15-/m1/s1. The van der Waals surface area contributed by atoms with Gasteiger partial charge in [0.05, 0.1) is 11.7 Å². The fraction of sp³-hybridized carbons (Fsp3) is 0.235. The zero-order chi connectivity index (χ0) is 18.4. The van der Waals surface area contributed by atoms with Crippen molar-refractivity contribution >= 4 is 23.5 Å². The Balaban J connectivity index is 1.89. The third-order valence-corrected chi connectivity index (χ3v) is 4.15. The Morgan fingerprint density at radius 1 is 1.20 bits per heavy atom. The second-order valence-corrected chi connectivity index (χ2v) is 6.08. The van der Waals surface area contributed by atoms with Gasteiger partial charge < -0.3 is 15.7 Å². The summed E-state index contributed by atoms with van der Waals surface area (Å²) >= 11 is 1.57. The molecular weight excluding hydrogens is 353 g/mol. The summed E-state index contributed by atoms with van der Waals surface area (Å²) in [5.41, 5.74) is -0.192. The minimum atomic E-state index is -4.48. The summed E-state index contributed by atoms with van der Waals surface area (Å²) in [6, 6.07) is 10.8. The van der Waals surface area contributed by atoms with Gasteiger partial charge in [0, 0.05) is 17.1 Å². The number of nitrogens with one attached hydrogen (secondary N) is 2. The van der Waals surface area contributed by atoms with Crippen LogP contribution >= 0.6 is 11.8 Å². The number of hydrogen-bond donors (Lipinski definition) is 3. The first-order valence-electron chi connectivity index (χ1n) is 7.33. The Labute approximate surface area is 147 Å². The molecule has 1 atom stereocenters. The van der Waals surface area contributed by atoms with Gasteiger partial charge >= 0.3 is 12.2 Å². The average Bonchev–Trinajstić information content (AvgIpc) is 2.59. The van der Waals surface area contributed by atoms with Crippen LogP contribution in [-0.4, -0.2) is 23.9 Å². The summed E-state index contributed by atoms with van der Waals surface area (Å²) in [6.45, 7) is -0.0661. The average molecular weight is 370 g/mol. The van der Waals surface area contributed by atoms with E-state index in [1.165, 1.54) is 12.1 Å². The molecule has 3 N–H and O–H groups in total. The minimum Gasteiger partial charge on any atom is -0.387 e. The number of aliphatic hydroxyl groups is 1. The lowest BCUT2D eigenvalue weighted by Gasteiger charge is -2.14. The number of anilines is 1. The molecule has 0 radical (unpaired) electrons. The Morgan fingerprint density at radius 2 is 1.88 bits per heavy atom. The summed E-state index contributed by atoms with van der Waals surface area (Å²) in [5, 5.41) is 14.8. The summed E-state index contributed by atoms with van der Waals surface area (Å²) in [4.78, 5) is 12.8. The van der Waals surface area contributed by atoms with Crippen molar-refractivity contribution in [1.29, 1.82) is 0 Å². The van der Waals surface area contributed by atoms with Gasteiger partial charge in [-0.1, -0.05) is 18.2 Å². The van der Waals surface area contributed by atoms with Gasteiger partial charge in [0.2, 0.25) is 0 Å². The zero-order valence-electron chi connectivity index (χ0n) is 13.3. The first-order chi connectivity index (χ1) is 11.8. The molecule has 0 saturated carbocycles. The lowest BCUT2D eigenvalue weighted by atomic mass is 10.1. The SMILES string of the molecule is CSc1ccc([C@H](O)CNC(=O)Nc2cccc(C(F)(F)F)c2)cc1. The van der Waals surface area contributed by atoms with Crippen LogP contribution in [0.2, 0.25) is 0 Å². The highest BCUT2D eigenvalue weighted by atomic mass is 32.2. The Kier molecular flexibility index (Phi) is 6.33. The largest absolute Gasteiger partial charge is 0.416 e. The molecule has 4 nitrogen and oxygen atoms in total. The van der Waals surface area contributed by atoms with Crippen LogP contribution in [0, 0.1) is 0 Å². The monoisotopic (exact) mass is 370 g/mol. The van der Waals surface area contributed by atoms with Crippen molar-refractivity contribution in [2.24, 2.45) is 0 Å². The Morgan fingerprint density at radius 3 is 2.48 bits per heavy atom. The molecule has 0 saturated heterocycles. The van der Waals surface area contributed by atoms with Crippen molar-refractivity contribution in [2.75, 3.05) is 18.1 Å². The maximum Gasteiger partial charge on any atom is 0.416 e. The third-order valence-electron chi connectivity index (χ3n) is 3.40. The molecule has 0 fully saturated rings. The predicted molar refractivity (Wildman–Crippen MR) is 91.6 cm³/mol. The van der Waals surface area contributed by atoms with Crippen LogP contribution in [-0.2, 0) is 6.18 Å². The lowest BCUT2D eigenvalue weighted by molar-refractivity contribution is -0.137. The van der Waals surface area contributed by atoms with Crippen LogP contribution in [0.4, 0.5) is 23.7 Å². The molecule has 2 rings (SSSR count). The molecule has 0 aliphatic carbocycles. The molecule has 2 aromatic carbocycles. The number of carbonyl (C=O) groups excluding carboxylic acids is 1. The van der Waals surface area contributed by atoms with Crippen LogP contribution in [0.25, 0.3) is 0 Å². The number of benzene rings is 2. The lowest BCUT2D eigenvalue weighted by Crippen LogP contribution is -2.32. The van der Waals surface area contributed by atoms with Crippen molar-refractivity contribution in [3.63, 3.8) is 0 Å². The number of carbonyl (C=O) groups is 1. The van der Waals surface area contributed by atoms with E-state index in [4.69, 9.17) is 0 Å². The van der Waals surface area contributed by atoms with Gasteiger partial charge in [-0.15, -0.1) is 11.8 Å². The van der Waals surface area contributed by atoms with Crippen molar-refractivity contribution in [2.45, 2.75) is 17.2 Å². The van der Waals surface area contributed by atoms with Gasteiger partial charge in [0.15, 0.2) is 0 Å².